The van der Waals surface area contributed by atoms with Crippen LogP contribution in [0.1, 0.15) is 24.6 Å². The van der Waals surface area contributed by atoms with Crippen LogP contribution in [-0.4, -0.2) is 49.6 Å². The van der Waals surface area contributed by atoms with Crippen LogP contribution in [0.25, 0.3) is 0 Å². The van der Waals surface area contributed by atoms with Crippen LogP contribution in [0.15, 0.2) is 17.5 Å². The van der Waals surface area contributed by atoms with Gasteiger partial charge < -0.3 is 10.6 Å². The van der Waals surface area contributed by atoms with E-state index < -0.39 is 0 Å². The largest absolute Gasteiger partial charge is 0.355 e. The van der Waals surface area contributed by atoms with Gasteiger partial charge in [0.05, 0.1) is 6.54 Å². The number of carbonyl (C=O) groups is 1. The van der Waals surface area contributed by atoms with Gasteiger partial charge in [-0.25, -0.2) is 0 Å². The first-order valence-corrected chi connectivity index (χ1v) is 8.40. The maximum absolute atomic E-state index is 11.9. The molecule has 112 valence electrons. The lowest BCUT2D eigenvalue weighted by atomic mass is 10.2. The van der Waals surface area contributed by atoms with Crippen LogP contribution in [0.3, 0.4) is 0 Å². The van der Waals surface area contributed by atoms with Crippen molar-refractivity contribution in [1.82, 2.24) is 15.5 Å². The smallest absolute Gasteiger partial charge is 0.234 e. The first-order valence-electron chi connectivity index (χ1n) is 7.52. The topological polar surface area (TPSA) is 44.4 Å². The second-order valence-corrected chi connectivity index (χ2v) is 6.33. The minimum Gasteiger partial charge on any atom is -0.355 e. The molecule has 1 amide bonds. The monoisotopic (exact) mass is 295 g/mol. The van der Waals surface area contributed by atoms with Gasteiger partial charge in [-0.3, -0.25) is 9.69 Å². The Bertz CT molecular complexity index is 388. The third-order valence-electron chi connectivity index (χ3n) is 3.73. The van der Waals surface area contributed by atoms with Gasteiger partial charge >= 0.3 is 0 Å². The van der Waals surface area contributed by atoms with Crippen LogP contribution < -0.4 is 10.6 Å². The molecule has 0 aliphatic carbocycles. The molecule has 1 aliphatic rings. The van der Waals surface area contributed by atoms with Crippen molar-refractivity contribution in [2.45, 2.75) is 32.2 Å². The number of likely N-dealkylation sites (N-methyl/N-ethyl adjacent to an activating group) is 1. The van der Waals surface area contributed by atoms with Gasteiger partial charge in [-0.05, 0) is 43.8 Å². The fraction of sp³-hybridized carbons (Fsp3) is 0.667. The molecule has 2 rings (SSSR count). The van der Waals surface area contributed by atoms with Crippen molar-refractivity contribution in [3.63, 3.8) is 0 Å². The van der Waals surface area contributed by atoms with Crippen molar-refractivity contribution in [2.75, 3.05) is 32.7 Å². The zero-order valence-electron chi connectivity index (χ0n) is 12.2. The highest BCUT2D eigenvalue weighted by Gasteiger charge is 2.18. The van der Waals surface area contributed by atoms with Crippen molar-refractivity contribution in [3.8, 4) is 0 Å². The highest BCUT2D eigenvalue weighted by molar-refractivity contribution is 7.09. The van der Waals surface area contributed by atoms with E-state index in [9.17, 15) is 4.79 Å². The van der Waals surface area contributed by atoms with Crippen molar-refractivity contribution < 1.29 is 4.79 Å². The second kappa shape index (κ2) is 8.39. The molecule has 5 heteroatoms. The van der Waals surface area contributed by atoms with E-state index >= 15 is 0 Å². The average molecular weight is 295 g/mol. The van der Waals surface area contributed by atoms with E-state index in [1.54, 1.807) is 11.3 Å². The molecular weight excluding hydrogens is 270 g/mol. The van der Waals surface area contributed by atoms with Crippen molar-refractivity contribution in [1.29, 1.82) is 0 Å². The Hall–Kier alpha value is -0.910. The quantitative estimate of drug-likeness (QED) is 0.763. The Morgan fingerprint density at radius 2 is 2.50 bits per heavy atom. The van der Waals surface area contributed by atoms with Crippen LogP contribution in [0.4, 0.5) is 0 Å². The van der Waals surface area contributed by atoms with Gasteiger partial charge in [-0.15, -0.1) is 11.3 Å². The van der Waals surface area contributed by atoms with E-state index in [1.165, 1.54) is 17.7 Å². The van der Waals surface area contributed by atoms with Crippen LogP contribution >= 0.6 is 11.3 Å². The van der Waals surface area contributed by atoms with Crippen LogP contribution in [0.5, 0.6) is 0 Å². The molecule has 4 nitrogen and oxygen atoms in total. The summed E-state index contributed by atoms with van der Waals surface area (Å²) in [6.07, 6.45) is 3.42. The van der Waals surface area contributed by atoms with Crippen LogP contribution in [0.2, 0.25) is 0 Å². The Kier molecular flexibility index (Phi) is 6.50. The lowest BCUT2D eigenvalue weighted by Gasteiger charge is -2.23. The predicted octanol–water partition coefficient (Wildman–Crippen LogP) is 1.48. The van der Waals surface area contributed by atoms with Crippen molar-refractivity contribution in [3.05, 3.63) is 22.4 Å². The molecule has 1 unspecified atom stereocenters. The summed E-state index contributed by atoms with van der Waals surface area (Å²) >= 11 is 1.74. The highest BCUT2D eigenvalue weighted by atomic mass is 32.1. The van der Waals surface area contributed by atoms with E-state index in [0.717, 1.165) is 32.6 Å². The summed E-state index contributed by atoms with van der Waals surface area (Å²) in [6.45, 7) is 6.40. The summed E-state index contributed by atoms with van der Waals surface area (Å²) in [5.74, 6) is 0.140. The summed E-state index contributed by atoms with van der Waals surface area (Å²) in [6, 6.07) is 4.73. The molecule has 0 spiro atoms. The fourth-order valence-corrected chi connectivity index (χ4v) is 3.28. The first-order chi connectivity index (χ1) is 9.78. The molecule has 1 fully saturated rings. The molecule has 2 N–H and O–H groups in total. The maximum Gasteiger partial charge on any atom is 0.234 e. The molecule has 1 aliphatic heterocycles. The number of nitrogens with one attached hydrogen (secondary N) is 2. The van der Waals surface area contributed by atoms with Gasteiger partial charge in [-0.2, -0.15) is 0 Å². The molecule has 0 saturated carbocycles. The van der Waals surface area contributed by atoms with Gasteiger partial charge in [0.15, 0.2) is 0 Å². The molecule has 1 aromatic rings. The van der Waals surface area contributed by atoms with Crippen LogP contribution in [-0.2, 0) is 11.2 Å². The maximum atomic E-state index is 11.9. The molecule has 0 bridgehead atoms. The molecular formula is C15H25N3OS. The molecule has 1 atom stereocenters. The Labute approximate surface area is 125 Å². The second-order valence-electron chi connectivity index (χ2n) is 5.30. The summed E-state index contributed by atoms with van der Waals surface area (Å²) in [5.41, 5.74) is 0. The number of hydrogen-bond acceptors (Lipinski definition) is 4. The highest BCUT2D eigenvalue weighted by Crippen LogP contribution is 2.08. The number of nitrogens with zero attached hydrogens (tertiary/aromatic N) is 1. The van der Waals surface area contributed by atoms with E-state index in [1.807, 2.05) is 0 Å². The van der Waals surface area contributed by atoms with Crippen molar-refractivity contribution >= 4 is 17.2 Å². The normalized spacial score (nSPS) is 18.6. The lowest BCUT2D eigenvalue weighted by Crippen LogP contribution is -2.43. The third-order valence-corrected chi connectivity index (χ3v) is 4.67. The standard InChI is InChI=1S/C15H25N3OS/c1-2-18(11-13-5-3-8-16-13)12-15(19)17-9-7-14-6-4-10-20-14/h4,6,10,13,16H,2-3,5,7-9,11-12H2,1H3,(H,17,19). The summed E-state index contributed by atoms with van der Waals surface area (Å²) in [4.78, 5) is 15.5. The third kappa shape index (κ3) is 5.23. The first kappa shape index (κ1) is 15.5. The summed E-state index contributed by atoms with van der Waals surface area (Å²) in [7, 11) is 0. The molecule has 20 heavy (non-hydrogen) atoms. The molecule has 0 aromatic carbocycles. The number of amides is 1. The number of rotatable bonds is 8. The van der Waals surface area contributed by atoms with E-state index in [-0.39, 0.29) is 5.91 Å². The molecule has 1 saturated heterocycles. The molecule has 0 radical (unpaired) electrons. The van der Waals surface area contributed by atoms with E-state index in [2.05, 4.69) is 40.0 Å². The minimum atomic E-state index is 0.140. The molecule has 2 heterocycles. The zero-order valence-corrected chi connectivity index (χ0v) is 13.0. The average Bonchev–Trinajstić information content (AvgIpc) is 3.11. The fourth-order valence-electron chi connectivity index (χ4n) is 2.57. The van der Waals surface area contributed by atoms with Crippen molar-refractivity contribution in [2.24, 2.45) is 0 Å². The van der Waals surface area contributed by atoms with E-state index in [0.29, 0.717) is 12.6 Å². The number of carbonyl (C=O) groups excluding carboxylic acids is 1. The number of hydrogen-bond donors (Lipinski definition) is 2. The SMILES string of the molecule is CCN(CC(=O)NCCc1cccs1)CC1CCCN1. The van der Waals surface area contributed by atoms with Crippen LogP contribution in [0, 0.1) is 0 Å². The Morgan fingerprint density at radius 3 is 3.15 bits per heavy atom. The van der Waals surface area contributed by atoms with Gasteiger partial charge in [0.2, 0.25) is 5.91 Å². The molecule has 1 aromatic heterocycles. The van der Waals surface area contributed by atoms with Gasteiger partial charge in [0.1, 0.15) is 0 Å². The van der Waals surface area contributed by atoms with E-state index in [4.69, 9.17) is 0 Å². The zero-order chi connectivity index (χ0) is 14.2. The Morgan fingerprint density at radius 1 is 1.60 bits per heavy atom. The summed E-state index contributed by atoms with van der Waals surface area (Å²) in [5, 5.41) is 8.57. The minimum absolute atomic E-state index is 0.140. The van der Waals surface area contributed by atoms with Gasteiger partial charge in [0, 0.05) is 24.0 Å². The predicted molar refractivity (Wildman–Crippen MR) is 84.2 cm³/mol. The number of thiophene rings is 1. The summed E-state index contributed by atoms with van der Waals surface area (Å²) < 4.78 is 0. The Balaban J connectivity index is 1.63. The van der Waals surface area contributed by atoms with Gasteiger partial charge in [-0.1, -0.05) is 13.0 Å². The van der Waals surface area contributed by atoms with Gasteiger partial charge in [0.25, 0.3) is 0 Å². The lowest BCUT2D eigenvalue weighted by molar-refractivity contribution is -0.122.